The summed E-state index contributed by atoms with van der Waals surface area (Å²) in [6, 6.07) is 7.79. The number of hydrogen-bond acceptors (Lipinski definition) is 3. The second-order valence-electron chi connectivity index (χ2n) is 4.60. The summed E-state index contributed by atoms with van der Waals surface area (Å²) in [4.78, 5) is 2.05. The minimum Gasteiger partial charge on any atom is -0.386 e. The van der Waals surface area contributed by atoms with Crippen molar-refractivity contribution in [3.63, 3.8) is 0 Å². The molecule has 0 aliphatic carbocycles. The molecule has 1 aliphatic rings. The van der Waals surface area contributed by atoms with Gasteiger partial charge in [-0.2, -0.15) is 5.26 Å². The Morgan fingerprint density at radius 2 is 2.24 bits per heavy atom. The lowest BCUT2D eigenvalue weighted by Crippen LogP contribution is -2.62. The predicted molar refractivity (Wildman–Crippen MR) is 70.9 cm³/mol. The van der Waals surface area contributed by atoms with Crippen LogP contribution in [0.15, 0.2) is 22.7 Å². The van der Waals surface area contributed by atoms with E-state index in [9.17, 15) is 5.11 Å². The van der Waals surface area contributed by atoms with Crippen molar-refractivity contribution in [2.24, 2.45) is 0 Å². The quantitative estimate of drug-likeness (QED) is 0.932. The van der Waals surface area contributed by atoms with E-state index >= 15 is 0 Å². The maximum atomic E-state index is 10.1. The van der Waals surface area contributed by atoms with Crippen LogP contribution in [0, 0.1) is 11.3 Å². The van der Waals surface area contributed by atoms with E-state index in [4.69, 9.17) is 5.26 Å². The van der Waals surface area contributed by atoms with E-state index in [1.807, 2.05) is 12.1 Å². The van der Waals surface area contributed by atoms with Gasteiger partial charge in [-0.15, -0.1) is 0 Å². The first-order valence-corrected chi connectivity index (χ1v) is 6.54. The van der Waals surface area contributed by atoms with Crippen molar-refractivity contribution in [2.75, 3.05) is 18.0 Å². The van der Waals surface area contributed by atoms with Gasteiger partial charge in [0.15, 0.2) is 0 Å². The third-order valence-corrected chi connectivity index (χ3v) is 3.60. The first-order chi connectivity index (χ1) is 8.08. The summed E-state index contributed by atoms with van der Waals surface area (Å²) >= 11 is 3.41. The third-order valence-electron chi connectivity index (χ3n) is 3.11. The highest BCUT2D eigenvalue weighted by atomic mass is 79.9. The number of halogens is 1. The number of hydrogen-bond donors (Lipinski definition) is 1. The van der Waals surface area contributed by atoms with E-state index in [0.717, 1.165) is 23.0 Å². The van der Waals surface area contributed by atoms with Crippen molar-refractivity contribution >= 4 is 21.6 Å². The lowest BCUT2D eigenvalue weighted by Gasteiger charge is -2.48. The molecule has 0 amide bonds. The Kier molecular flexibility index (Phi) is 3.41. The first-order valence-electron chi connectivity index (χ1n) is 5.75. The summed E-state index contributed by atoms with van der Waals surface area (Å²) < 4.78 is 0.956. The maximum Gasteiger partial charge on any atom is 0.101 e. The fraction of sp³-hybridized carbons (Fsp3) is 0.462. The Hall–Kier alpha value is -1.05. The zero-order valence-electron chi connectivity index (χ0n) is 9.78. The van der Waals surface area contributed by atoms with Crippen LogP contribution in [0.5, 0.6) is 0 Å². The van der Waals surface area contributed by atoms with Crippen LogP contribution in [0.3, 0.4) is 0 Å². The van der Waals surface area contributed by atoms with Gasteiger partial charge in [0.1, 0.15) is 6.07 Å². The molecule has 2 rings (SSSR count). The van der Waals surface area contributed by atoms with Gasteiger partial charge >= 0.3 is 0 Å². The van der Waals surface area contributed by atoms with E-state index in [0.29, 0.717) is 18.7 Å². The molecule has 0 atom stereocenters. The number of rotatable bonds is 3. The number of β-amino-alcohol motifs (C(OH)–C–C–N with tert-alkyl or cyclic N) is 1. The number of benzene rings is 1. The standard InChI is InChI=1S/C13H15BrN2O/c1-2-5-13(17)8-16(9-13)12-6-11(14)4-3-10(12)7-15/h3-4,6,17H,2,5,8-9H2,1H3. The van der Waals surface area contributed by atoms with Crippen molar-refractivity contribution in [3.8, 4) is 6.07 Å². The van der Waals surface area contributed by atoms with Crippen molar-refractivity contribution in [1.82, 2.24) is 0 Å². The molecule has 1 aromatic rings. The minimum atomic E-state index is -0.566. The molecule has 1 heterocycles. The lowest BCUT2D eigenvalue weighted by molar-refractivity contribution is 0.00337. The molecule has 0 saturated carbocycles. The van der Waals surface area contributed by atoms with Gasteiger partial charge in [0, 0.05) is 17.6 Å². The summed E-state index contributed by atoms with van der Waals surface area (Å²) in [5, 5.41) is 19.2. The van der Waals surface area contributed by atoms with Crippen LogP contribution in [-0.4, -0.2) is 23.8 Å². The molecule has 3 nitrogen and oxygen atoms in total. The Morgan fingerprint density at radius 1 is 1.53 bits per heavy atom. The summed E-state index contributed by atoms with van der Waals surface area (Å²) in [7, 11) is 0. The molecule has 1 N–H and O–H groups in total. The van der Waals surface area contributed by atoms with Gasteiger partial charge in [0.25, 0.3) is 0 Å². The number of aliphatic hydroxyl groups is 1. The van der Waals surface area contributed by atoms with Crippen LogP contribution in [0.1, 0.15) is 25.3 Å². The maximum absolute atomic E-state index is 10.1. The fourth-order valence-corrected chi connectivity index (χ4v) is 2.67. The van der Waals surface area contributed by atoms with Crippen molar-refractivity contribution in [2.45, 2.75) is 25.4 Å². The Labute approximate surface area is 110 Å². The Morgan fingerprint density at radius 3 is 2.82 bits per heavy atom. The van der Waals surface area contributed by atoms with Crippen molar-refractivity contribution in [1.29, 1.82) is 5.26 Å². The largest absolute Gasteiger partial charge is 0.386 e. The highest BCUT2D eigenvalue weighted by molar-refractivity contribution is 9.10. The van der Waals surface area contributed by atoms with Gasteiger partial charge in [-0.05, 0) is 24.6 Å². The molecule has 0 spiro atoms. The van der Waals surface area contributed by atoms with Gasteiger partial charge in [0.2, 0.25) is 0 Å². The van der Waals surface area contributed by atoms with Gasteiger partial charge in [-0.25, -0.2) is 0 Å². The molecule has 0 bridgehead atoms. The summed E-state index contributed by atoms with van der Waals surface area (Å²) in [5.41, 5.74) is 0.999. The number of nitriles is 1. The normalized spacial score (nSPS) is 17.4. The van der Waals surface area contributed by atoms with E-state index < -0.39 is 5.60 Å². The topological polar surface area (TPSA) is 47.3 Å². The van der Waals surface area contributed by atoms with E-state index in [2.05, 4.69) is 33.8 Å². The van der Waals surface area contributed by atoms with Crippen LogP contribution < -0.4 is 4.90 Å². The molecule has 17 heavy (non-hydrogen) atoms. The van der Waals surface area contributed by atoms with Gasteiger partial charge in [-0.3, -0.25) is 0 Å². The zero-order valence-corrected chi connectivity index (χ0v) is 11.4. The Balaban J connectivity index is 2.16. The predicted octanol–water partition coefficient (Wildman–Crippen LogP) is 2.67. The molecule has 4 heteroatoms. The molecular formula is C13H15BrN2O. The summed E-state index contributed by atoms with van der Waals surface area (Å²) in [5.74, 6) is 0. The SMILES string of the molecule is CCCC1(O)CN(c2cc(Br)ccc2C#N)C1. The smallest absolute Gasteiger partial charge is 0.101 e. The first kappa shape index (κ1) is 12.4. The third kappa shape index (κ3) is 2.46. The number of anilines is 1. The average molecular weight is 295 g/mol. The highest BCUT2D eigenvalue weighted by Crippen LogP contribution is 2.34. The second kappa shape index (κ2) is 4.67. The molecule has 0 aromatic heterocycles. The average Bonchev–Trinajstić information content (AvgIpc) is 2.26. The van der Waals surface area contributed by atoms with Gasteiger partial charge in [0.05, 0.1) is 16.9 Å². The van der Waals surface area contributed by atoms with Gasteiger partial charge < -0.3 is 10.0 Å². The summed E-state index contributed by atoms with van der Waals surface area (Å²) in [6.45, 7) is 3.30. The van der Waals surface area contributed by atoms with Crippen LogP contribution in [0.4, 0.5) is 5.69 Å². The molecule has 0 radical (unpaired) electrons. The molecular weight excluding hydrogens is 280 g/mol. The van der Waals surface area contributed by atoms with Crippen LogP contribution >= 0.6 is 15.9 Å². The lowest BCUT2D eigenvalue weighted by atomic mass is 9.88. The van der Waals surface area contributed by atoms with Crippen LogP contribution in [0.2, 0.25) is 0 Å². The molecule has 1 aromatic carbocycles. The fourth-order valence-electron chi connectivity index (χ4n) is 2.32. The van der Waals surface area contributed by atoms with Crippen molar-refractivity contribution in [3.05, 3.63) is 28.2 Å². The molecule has 1 aliphatic heterocycles. The zero-order chi connectivity index (χ0) is 12.5. The monoisotopic (exact) mass is 294 g/mol. The van der Waals surface area contributed by atoms with Gasteiger partial charge in [-0.1, -0.05) is 29.3 Å². The highest BCUT2D eigenvalue weighted by Gasteiger charge is 2.40. The van der Waals surface area contributed by atoms with E-state index in [-0.39, 0.29) is 0 Å². The van der Waals surface area contributed by atoms with Crippen LogP contribution in [-0.2, 0) is 0 Å². The molecule has 0 unspecified atom stereocenters. The second-order valence-corrected chi connectivity index (χ2v) is 5.52. The number of nitrogens with zero attached hydrogens (tertiary/aromatic N) is 2. The molecule has 90 valence electrons. The van der Waals surface area contributed by atoms with Crippen molar-refractivity contribution < 1.29 is 5.11 Å². The minimum absolute atomic E-state index is 0.566. The molecule has 1 saturated heterocycles. The Bertz CT molecular complexity index is 461. The summed E-state index contributed by atoms with van der Waals surface area (Å²) in [6.07, 6.45) is 1.80. The van der Waals surface area contributed by atoms with Crippen LogP contribution in [0.25, 0.3) is 0 Å². The van der Waals surface area contributed by atoms with E-state index in [1.165, 1.54) is 0 Å². The van der Waals surface area contributed by atoms with E-state index in [1.54, 1.807) is 6.07 Å². The molecule has 1 fully saturated rings.